The first-order chi connectivity index (χ1) is 15.9. The van der Waals surface area contributed by atoms with E-state index in [0.29, 0.717) is 11.9 Å². The minimum atomic E-state index is 0.294. The van der Waals surface area contributed by atoms with Gasteiger partial charge in [-0.1, -0.05) is 57.8 Å². The predicted molar refractivity (Wildman–Crippen MR) is 147 cm³/mol. The molecule has 0 bridgehead atoms. The van der Waals surface area contributed by atoms with Gasteiger partial charge in [0.1, 0.15) is 11.6 Å². The summed E-state index contributed by atoms with van der Waals surface area (Å²) in [4.78, 5) is 12.1. The number of nitrogens with zero attached hydrogens (tertiary/aromatic N) is 3. The molecule has 0 saturated heterocycles. The molecule has 33 heavy (non-hydrogen) atoms. The Balaban J connectivity index is 1.85. The lowest BCUT2D eigenvalue weighted by Crippen LogP contribution is -2.25. The molecule has 3 aromatic rings. The Morgan fingerprint density at radius 3 is 2.55 bits per heavy atom. The second-order valence-electron chi connectivity index (χ2n) is 8.03. The average molecular weight is 576 g/mol. The first-order valence-electron chi connectivity index (χ1n) is 11.4. The third-order valence-corrected chi connectivity index (χ3v) is 6.86. The fourth-order valence-electron chi connectivity index (χ4n) is 3.70. The second kappa shape index (κ2) is 12.5. The van der Waals surface area contributed by atoms with Crippen LogP contribution in [0.2, 0.25) is 0 Å². The summed E-state index contributed by atoms with van der Waals surface area (Å²) < 4.78 is 7.49. The van der Waals surface area contributed by atoms with E-state index >= 15 is 0 Å². The Bertz CT molecular complexity index is 1100. The van der Waals surface area contributed by atoms with Gasteiger partial charge in [0.05, 0.1) is 12.6 Å². The van der Waals surface area contributed by atoms with Crippen LogP contribution in [0.4, 0.5) is 5.82 Å². The van der Waals surface area contributed by atoms with Gasteiger partial charge in [0.2, 0.25) is 0 Å². The molecule has 1 heterocycles. The molecule has 2 aromatic carbocycles. The Kier molecular flexibility index (Phi) is 9.71. The summed E-state index contributed by atoms with van der Waals surface area (Å²) in [5.74, 6) is 2.30. The highest BCUT2D eigenvalue weighted by Crippen LogP contribution is 2.27. The molecule has 0 radical (unpaired) electrons. The normalized spacial score (nSPS) is 12.6. The van der Waals surface area contributed by atoms with Crippen LogP contribution in [0.25, 0.3) is 23.1 Å². The zero-order valence-corrected chi connectivity index (χ0v) is 22.9. The molecular weight excluding hydrogens is 544 g/mol. The van der Waals surface area contributed by atoms with Crippen molar-refractivity contribution in [3.05, 3.63) is 56.7 Å². The van der Waals surface area contributed by atoms with Crippen molar-refractivity contribution < 1.29 is 4.74 Å². The number of fused-ring (bicyclic) bond motifs is 1. The SMILES string of the molecule is CCN(CC)CCC[C@@H](C)Nc1nc(/C=C/c2ccc(Br)cc2Br)nc2ccc(OC)cc12. The highest BCUT2D eigenvalue weighted by Gasteiger charge is 2.12. The van der Waals surface area contributed by atoms with Crippen LogP contribution < -0.4 is 10.1 Å². The molecule has 0 aliphatic carbocycles. The van der Waals surface area contributed by atoms with Gasteiger partial charge in [-0.3, -0.25) is 0 Å². The highest BCUT2D eigenvalue weighted by molar-refractivity contribution is 9.11. The van der Waals surface area contributed by atoms with Crippen LogP contribution in [0, 0.1) is 0 Å². The van der Waals surface area contributed by atoms with Crippen molar-refractivity contribution >= 4 is 60.7 Å². The summed E-state index contributed by atoms with van der Waals surface area (Å²) in [6.45, 7) is 9.96. The highest BCUT2D eigenvalue weighted by atomic mass is 79.9. The van der Waals surface area contributed by atoms with Crippen LogP contribution in [0.1, 0.15) is 45.0 Å². The molecular formula is C26H32Br2N4O. The van der Waals surface area contributed by atoms with E-state index in [9.17, 15) is 0 Å². The molecule has 176 valence electrons. The van der Waals surface area contributed by atoms with Crippen molar-refractivity contribution in [1.82, 2.24) is 14.9 Å². The van der Waals surface area contributed by atoms with Crippen molar-refractivity contribution in [2.24, 2.45) is 0 Å². The van der Waals surface area contributed by atoms with E-state index < -0.39 is 0 Å². The van der Waals surface area contributed by atoms with Gasteiger partial charge in [0.25, 0.3) is 0 Å². The maximum Gasteiger partial charge on any atom is 0.154 e. The van der Waals surface area contributed by atoms with E-state index in [2.05, 4.69) is 62.8 Å². The number of halogens is 2. The first-order valence-corrected chi connectivity index (χ1v) is 13.0. The van der Waals surface area contributed by atoms with Crippen molar-refractivity contribution in [2.45, 2.75) is 39.7 Å². The smallest absolute Gasteiger partial charge is 0.154 e. The van der Waals surface area contributed by atoms with E-state index in [1.807, 2.05) is 48.6 Å². The molecule has 0 amide bonds. The number of hydrogen-bond donors (Lipinski definition) is 1. The topological polar surface area (TPSA) is 50.3 Å². The molecule has 0 aliphatic rings. The van der Waals surface area contributed by atoms with Crippen LogP contribution >= 0.6 is 31.9 Å². The van der Waals surface area contributed by atoms with Crippen molar-refractivity contribution in [3.8, 4) is 5.75 Å². The largest absolute Gasteiger partial charge is 0.497 e. The van der Waals surface area contributed by atoms with Gasteiger partial charge in [0, 0.05) is 20.4 Å². The van der Waals surface area contributed by atoms with Crippen LogP contribution in [0.3, 0.4) is 0 Å². The van der Waals surface area contributed by atoms with Gasteiger partial charge in [-0.05, 0) is 81.4 Å². The molecule has 7 heteroatoms. The number of anilines is 1. The molecule has 0 fully saturated rings. The monoisotopic (exact) mass is 574 g/mol. The molecule has 3 rings (SSSR count). The van der Waals surface area contributed by atoms with Crippen LogP contribution in [-0.2, 0) is 0 Å². The Morgan fingerprint density at radius 2 is 1.85 bits per heavy atom. The number of rotatable bonds is 11. The van der Waals surface area contributed by atoms with Crippen LogP contribution in [0.15, 0.2) is 45.3 Å². The Labute approximate surface area is 213 Å². The lowest BCUT2D eigenvalue weighted by atomic mass is 10.1. The first kappa shape index (κ1) is 25.7. The van der Waals surface area contributed by atoms with Crippen molar-refractivity contribution in [1.29, 1.82) is 0 Å². The molecule has 1 N–H and O–H groups in total. The fraction of sp³-hybridized carbons (Fsp3) is 0.385. The summed E-state index contributed by atoms with van der Waals surface area (Å²) in [6, 6.07) is 12.3. The number of methoxy groups -OCH3 is 1. The zero-order chi connectivity index (χ0) is 23.8. The van der Waals surface area contributed by atoms with Crippen molar-refractivity contribution in [2.75, 3.05) is 32.1 Å². The van der Waals surface area contributed by atoms with Crippen LogP contribution in [-0.4, -0.2) is 47.7 Å². The average Bonchev–Trinajstić information content (AvgIpc) is 2.81. The molecule has 0 aliphatic heterocycles. The van der Waals surface area contributed by atoms with E-state index in [1.165, 1.54) is 0 Å². The van der Waals surface area contributed by atoms with Gasteiger partial charge in [-0.15, -0.1) is 0 Å². The van der Waals surface area contributed by atoms with E-state index in [1.54, 1.807) is 7.11 Å². The van der Waals surface area contributed by atoms with E-state index in [0.717, 1.165) is 69.5 Å². The maximum absolute atomic E-state index is 5.44. The third-order valence-electron chi connectivity index (χ3n) is 5.68. The minimum Gasteiger partial charge on any atom is -0.497 e. The lowest BCUT2D eigenvalue weighted by molar-refractivity contribution is 0.295. The molecule has 1 atom stereocenters. The molecule has 0 saturated carbocycles. The second-order valence-corrected chi connectivity index (χ2v) is 9.80. The van der Waals surface area contributed by atoms with E-state index in [4.69, 9.17) is 14.7 Å². The van der Waals surface area contributed by atoms with Gasteiger partial charge in [-0.25, -0.2) is 9.97 Å². The number of hydrogen-bond acceptors (Lipinski definition) is 5. The number of ether oxygens (including phenoxy) is 1. The number of aromatic nitrogens is 2. The maximum atomic E-state index is 5.44. The fourth-order valence-corrected chi connectivity index (χ4v) is 4.88. The Morgan fingerprint density at radius 1 is 1.06 bits per heavy atom. The quantitative estimate of drug-likeness (QED) is 0.261. The summed E-state index contributed by atoms with van der Waals surface area (Å²) in [6.07, 6.45) is 6.20. The van der Waals surface area contributed by atoms with Crippen LogP contribution in [0.5, 0.6) is 5.75 Å². The lowest BCUT2D eigenvalue weighted by Gasteiger charge is -2.20. The van der Waals surface area contributed by atoms with Gasteiger partial charge < -0.3 is 15.0 Å². The standard InChI is InChI=1S/C26H32Br2N4O/c1-5-32(6-2)15-7-8-18(3)29-26-22-17-21(33-4)12-13-24(22)30-25(31-26)14-10-19-9-11-20(27)16-23(19)28/h9-14,16-18H,5-8,15H2,1-4H3,(H,29,30,31)/b14-10+/t18-/m1/s1. The zero-order valence-electron chi connectivity index (χ0n) is 19.7. The third kappa shape index (κ3) is 7.26. The molecule has 0 spiro atoms. The summed E-state index contributed by atoms with van der Waals surface area (Å²) >= 11 is 7.11. The number of nitrogens with one attached hydrogen (secondary N) is 1. The van der Waals surface area contributed by atoms with Crippen molar-refractivity contribution in [3.63, 3.8) is 0 Å². The summed E-state index contributed by atoms with van der Waals surface area (Å²) in [5.41, 5.74) is 1.95. The molecule has 1 aromatic heterocycles. The summed E-state index contributed by atoms with van der Waals surface area (Å²) in [5, 5.41) is 4.59. The molecule has 0 unspecified atom stereocenters. The van der Waals surface area contributed by atoms with E-state index in [-0.39, 0.29) is 0 Å². The minimum absolute atomic E-state index is 0.294. The summed E-state index contributed by atoms with van der Waals surface area (Å²) in [7, 11) is 1.68. The van der Waals surface area contributed by atoms with Gasteiger partial charge in [0.15, 0.2) is 5.82 Å². The van der Waals surface area contributed by atoms with Gasteiger partial charge >= 0.3 is 0 Å². The molecule has 5 nitrogen and oxygen atoms in total. The predicted octanol–water partition coefficient (Wildman–Crippen LogP) is 7.26. The number of benzene rings is 2. The Hall–Kier alpha value is -1.96. The van der Waals surface area contributed by atoms with Gasteiger partial charge in [-0.2, -0.15) is 0 Å².